The second-order valence-corrected chi connectivity index (χ2v) is 5.09. The van der Waals surface area contributed by atoms with Crippen molar-refractivity contribution in [3.63, 3.8) is 0 Å². The Labute approximate surface area is 113 Å². The second-order valence-electron chi connectivity index (χ2n) is 4.17. The quantitative estimate of drug-likeness (QED) is 0.884. The third kappa shape index (κ3) is 3.07. The van der Waals surface area contributed by atoms with E-state index in [1.165, 1.54) is 12.1 Å². The molecule has 2 atom stereocenters. The Hall–Kier alpha value is -0.980. The lowest BCUT2D eigenvalue weighted by Gasteiger charge is -2.18. The summed E-state index contributed by atoms with van der Waals surface area (Å²) >= 11 is 3.16. The number of carbonyl (C=O) groups excluding carboxylic acids is 1. The van der Waals surface area contributed by atoms with Crippen molar-refractivity contribution in [1.82, 2.24) is 10.6 Å². The molecule has 1 fully saturated rings. The van der Waals surface area contributed by atoms with Crippen LogP contribution in [0.15, 0.2) is 22.7 Å². The molecule has 0 saturated carbocycles. The van der Waals surface area contributed by atoms with Crippen LogP contribution in [-0.2, 0) is 4.74 Å². The Morgan fingerprint density at radius 1 is 1.50 bits per heavy atom. The highest BCUT2D eigenvalue weighted by atomic mass is 79.9. The van der Waals surface area contributed by atoms with E-state index in [-0.39, 0.29) is 18.1 Å². The number of carbonyl (C=O) groups is 1. The van der Waals surface area contributed by atoms with Crippen molar-refractivity contribution in [1.29, 1.82) is 0 Å². The molecule has 0 spiro atoms. The number of methoxy groups -OCH3 is 1. The molecular formula is C12H14BrFN2O2. The zero-order valence-corrected chi connectivity index (χ0v) is 11.5. The van der Waals surface area contributed by atoms with Gasteiger partial charge in [-0.15, -0.1) is 0 Å². The zero-order chi connectivity index (χ0) is 13.1. The van der Waals surface area contributed by atoms with Gasteiger partial charge in [-0.25, -0.2) is 4.39 Å². The topological polar surface area (TPSA) is 50.4 Å². The molecule has 98 valence electrons. The lowest BCUT2D eigenvalue weighted by Crippen LogP contribution is -2.43. The number of amides is 1. The van der Waals surface area contributed by atoms with Crippen LogP contribution >= 0.6 is 15.9 Å². The van der Waals surface area contributed by atoms with Crippen LogP contribution in [-0.4, -0.2) is 38.3 Å². The fourth-order valence-electron chi connectivity index (χ4n) is 1.98. The summed E-state index contributed by atoms with van der Waals surface area (Å²) in [5.74, 6) is -0.742. The average molecular weight is 317 g/mol. The lowest BCUT2D eigenvalue weighted by molar-refractivity contribution is 0.0779. The van der Waals surface area contributed by atoms with Gasteiger partial charge in [0.2, 0.25) is 0 Å². The van der Waals surface area contributed by atoms with Gasteiger partial charge in [-0.05, 0) is 18.2 Å². The molecule has 2 N–H and O–H groups in total. The molecule has 18 heavy (non-hydrogen) atoms. The molecule has 6 heteroatoms. The first-order valence-electron chi connectivity index (χ1n) is 5.60. The SMILES string of the molecule is CO[C@H]1CNCC1NC(=O)c1cc(F)cc(Br)c1. The van der Waals surface area contributed by atoms with Gasteiger partial charge in [0.05, 0.1) is 12.1 Å². The van der Waals surface area contributed by atoms with Crippen molar-refractivity contribution in [2.24, 2.45) is 0 Å². The molecule has 0 aliphatic carbocycles. The first-order chi connectivity index (χ1) is 8.60. The van der Waals surface area contributed by atoms with Gasteiger partial charge in [0.25, 0.3) is 5.91 Å². The highest BCUT2D eigenvalue weighted by Gasteiger charge is 2.28. The third-order valence-corrected chi connectivity index (χ3v) is 3.36. The van der Waals surface area contributed by atoms with Crippen molar-refractivity contribution in [3.05, 3.63) is 34.1 Å². The molecular weight excluding hydrogens is 303 g/mol. The van der Waals surface area contributed by atoms with Gasteiger partial charge in [-0.3, -0.25) is 4.79 Å². The number of hydrogen-bond donors (Lipinski definition) is 2. The smallest absolute Gasteiger partial charge is 0.251 e. The van der Waals surface area contributed by atoms with Crippen LogP contribution in [0.2, 0.25) is 0 Å². The molecule has 1 aliphatic rings. The number of hydrogen-bond acceptors (Lipinski definition) is 3. The second kappa shape index (κ2) is 5.77. The number of benzene rings is 1. The van der Waals surface area contributed by atoms with E-state index < -0.39 is 5.82 Å². The molecule has 2 rings (SSSR count). The van der Waals surface area contributed by atoms with Crippen LogP contribution in [0, 0.1) is 5.82 Å². The summed E-state index contributed by atoms with van der Waals surface area (Å²) in [7, 11) is 1.61. The molecule has 1 amide bonds. The lowest BCUT2D eigenvalue weighted by atomic mass is 10.1. The monoisotopic (exact) mass is 316 g/mol. The molecule has 0 aromatic heterocycles. The van der Waals surface area contributed by atoms with Crippen molar-refractivity contribution in [3.8, 4) is 0 Å². The number of ether oxygens (including phenoxy) is 1. The Balaban J connectivity index is 2.07. The highest BCUT2D eigenvalue weighted by Crippen LogP contribution is 2.15. The largest absolute Gasteiger partial charge is 0.378 e. The molecule has 1 heterocycles. The Morgan fingerprint density at radius 3 is 2.94 bits per heavy atom. The first-order valence-corrected chi connectivity index (χ1v) is 6.40. The zero-order valence-electron chi connectivity index (χ0n) is 9.87. The van der Waals surface area contributed by atoms with Crippen LogP contribution in [0.5, 0.6) is 0 Å². The van der Waals surface area contributed by atoms with E-state index in [9.17, 15) is 9.18 Å². The summed E-state index contributed by atoms with van der Waals surface area (Å²) in [6, 6.07) is 4.02. The minimum Gasteiger partial charge on any atom is -0.378 e. The summed E-state index contributed by atoms with van der Waals surface area (Å²) in [6.45, 7) is 1.36. The summed E-state index contributed by atoms with van der Waals surface area (Å²) in [5.41, 5.74) is 0.295. The molecule has 1 saturated heterocycles. The van der Waals surface area contributed by atoms with Crippen LogP contribution in [0.1, 0.15) is 10.4 Å². The molecule has 1 aliphatic heterocycles. The predicted molar refractivity (Wildman–Crippen MR) is 69.0 cm³/mol. The fraction of sp³-hybridized carbons (Fsp3) is 0.417. The summed E-state index contributed by atoms with van der Waals surface area (Å²) in [6.07, 6.45) is -0.0500. The molecule has 1 aromatic rings. The standard InChI is InChI=1S/C12H14BrFN2O2/c1-18-11-6-15-5-10(11)16-12(17)7-2-8(13)4-9(14)3-7/h2-4,10-11,15H,5-6H2,1H3,(H,16,17)/t10?,11-/m0/s1. The third-order valence-electron chi connectivity index (χ3n) is 2.90. The Bertz CT molecular complexity index is 435. The van der Waals surface area contributed by atoms with E-state index in [2.05, 4.69) is 26.6 Å². The maximum absolute atomic E-state index is 13.2. The van der Waals surface area contributed by atoms with Gasteiger partial charge >= 0.3 is 0 Å². The van der Waals surface area contributed by atoms with E-state index in [0.29, 0.717) is 23.1 Å². The highest BCUT2D eigenvalue weighted by molar-refractivity contribution is 9.10. The number of halogens is 2. The van der Waals surface area contributed by atoms with Gasteiger partial charge in [-0.1, -0.05) is 15.9 Å². The van der Waals surface area contributed by atoms with Crippen molar-refractivity contribution in [2.45, 2.75) is 12.1 Å². The first kappa shape index (κ1) is 13.5. The van der Waals surface area contributed by atoms with Crippen molar-refractivity contribution in [2.75, 3.05) is 20.2 Å². The molecule has 1 aromatic carbocycles. The Kier molecular flexibility index (Phi) is 4.31. The molecule has 4 nitrogen and oxygen atoms in total. The predicted octanol–water partition coefficient (Wildman–Crippen LogP) is 1.30. The van der Waals surface area contributed by atoms with Crippen molar-refractivity contribution >= 4 is 21.8 Å². The molecule has 0 bridgehead atoms. The van der Waals surface area contributed by atoms with Crippen LogP contribution in [0.3, 0.4) is 0 Å². The van der Waals surface area contributed by atoms with E-state index >= 15 is 0 Å². The minimum atomic E-state index is -0.442. The van der Waals surface area contributed by atoms with Gasteiger partial charge < -0.3 is 15.4 Å². The van der Waals surface area contributed by atoms with E-state index in [4.69, 9.17) is 4.74 Å². The van der Waals surface area contributed by atoms with Crippen LogP contribution in [0.25, 0.3) is 0 Å². The van der Waals surface area contributed by atoms with Crippen molar-refractivity contribution < 1.29 is 13.9 Å². The van der Waals surface area contributed by atoms with E-state index in [1.54, 1.807) is 13.2 Å². The summed E-state index contributed by atoms with van der Waals surface area (Å²) < 4.78 is 19.0. The van der Waals surface area contributed by atoms with Gasteiger partial charge in [0.15, 0.2) is 0 Å². The van der Waals surface area contributed by atoms with Gasteiger partial charge in [0.1, 0.15) is 5.82 Å². The summed E-state index contributed by atoms with van der Waals surface area (Å²) in [5, 5.41) is 5.97. The van der Waals surface area contributed by atoms with Gasteiger partial charge in [-0.2, -0.15) is 0 Å². The molecule has 0 radical (unpaired) electrons. The average Bonchev–Trinajstić information content (AvgIpc) is 2.75. The van der Waals surface area contributed by atoms with Crippen LogP contribution in [0.4, 0.5) is 4.39 Å². The number of rotatable bonds is 3. The fourth-order valence-corrected chi connectivity index (χ4v) is 2.45. The normalized spacial score (nSPS) is 23.1. The van der Waals surface area contributed by atoms with Crippen LogP contribution < -0.4 is 10.6 Å². The molecule has 1 unspecified atom stereocenters. The number of nitrogens with one attached hydrogen (secondary N) is 2. The van der Waals surface area contributed by atoms with E-state index in [0.717, 1.165) is 0 Å². The van der Waals surface area contributed by atoms with E-state index in [1.807, 2.05) is 0 Å². The summed E-state index contributed by atoms with van der Waals surface area (Å²) in [4.78, 5) is 12.0. The van der Waals surface area contributed by atoms with Gasteiger partial charge in [0, 0.05) is 30.2 Å². The maximum Gasteiger partial charge on any atom is 0.251 e. The minimum absolute atomic E-state index is 0.0500. The maximum atomic E-state index is 13.2. The Morgan fingerprint density at radius 2 is 2.28 bits per heavy atom.